The molecule has 0 saturated heterocycles. The Morgan fingerprint density at radius 1 is 0.415 bits per heavy atom. The lowest BCUT2D eigenvalue weighted by molar-refractivity contribution is -0.940. The Morgan fingerprint density at radius 3 is 1.12 bits per heavy atom. The number of hydrogen-bond donors (Lipinski definition) is 0. The molecule has 0 fully saturated rings. The highest BCUT2D eigenvalue weighted by Gasteiger charge is 2.25. The molecule has 0 saturated carbocycles. The van der Waals surface area contributed by atoms with Crippen LogP contribution in [0.1, 0.15) is 161 Å². The van der Waals surface area contributed by atoms with Gasteiger partial charge in [-0.1, -0.05) is 165 Å². The number of benzene rings is 1. The number of quaternary nitrogens is 1. The largest absolute Gasteiger partial charge is 0.319 e. The molecule has 0 amide bonds. The Labute approximate surface area is 258 Å². The smallest absolute Gasteiger partial charge is 0.104 e. The van der Waals surface area contributed by atoms with Crippen molar-refractivity contribution in [2.75, 3.05) is 19.6 Å². The van der Waals surface area contributed by atoms with E-state index >= 15 is 0 Å². The van der Waals surface area contributed by atoms with Gasteiger partial charge in [-0.3, -0.25) is 0 Å². The van der Waals surface area contributed by atoms with E-state index in [4.69, 9.17) is 0 Å². The molecule has 1 heteroatoms. The van der Waals surface area contributed by atoms with Gasteiger partial charge in [-0.25, -0.2) is 0 Å². The molecular formula is C40H70N+. The second-order valence-electron chi connectivity index (χ2n) is 12.5. The van der Waals surface area contributed by atoms with E-state index in [-0.39, 0.29) is 0 Å². The summed E-state index contributed by atoms with van der Waals surface area (Å²) in [5.41, 5.74) is 1.49. The SMILES string of the molecule is CCCCCCC/C=C/CC[N+](CC/C=C/CCCCCCC)(CC/C=C/CCCCCCC)Cc1ccccc1. The second-order valence-corrected chi connectivity index (χ2v) is 12.5. The predicted octanol–water partition coefficient (Wildman–Crippen LogP) is 12.9. The monoisotopic (exact) mass is 565 g/mol. The number of rotatable bonds is 29. The van der Waals surface area contributed by atoms with Crippen LogP contribution in [0.5, 0.6) is 0 Å². The Balaban J connectivity index is 2.75. The standard InChI is InChI=1S/C40H70N/c1-4-7-10-13-16-19-22-25-31-36-41(39-40-34-29-28-30-35-40,37-32-26-23-20-17-14-11-8-5-2)38-33-27-24-21-18-15-12-9-6-3/h22-30,34-35H,4-21,31-33,36-39H2,1-3H3/q+1/b25-22+,26-23+,27-24+. The molecule has 1 nitrogen and oxygen atoms in total. The zero-order chi connectivity index (χ0) is 29.5. The summed E-state index contributed by atoms with van der Waals surface area (Å²) < 4.78 is 1.20. The molecule has 0 aliphatic rings. The maximum atomic E-state index is 2.50. The minimum absolute atomic E-state index is 1.15. The van der Waals surface area contributed by atoms with E-state index in [0.717, 1.165) is 6.54 Å². The van der Waals surface area contributed by atoms with Crippen LogP contribution in [0.4, 0.5) is 0 Å². The predicted molar refractivity (Wildman–Crippen MR) is 186 cm³/mol. The van der Waals surface area contributed by atoms with Crippen molar-refractivity contribution in [3.05, 3.63) is 72.4 Å². The fourth-order valence-electron chi connectivity index (χ4n) is 5.89. The van der Waals surface area contributed by atoms with E-state index in [0.29, 0.717) is 0 Å². The Hall–Kier alpha value is -1.60. The first-order valence-corrected chi connectivity index (χ1v) is 18.1. The maximum Gasteiger partial charge on any atom is 0.104 e. The molecule has 0 unspecified atom stereocenters. The maximum absolute atomic E-state index is 2.50. The highest BCUT2D eigenvalue weighted by molar-refractivity contribution is 5.13. The van der Waals surface area contributed by atoms with Crippen molar-refractivity contribution in [3.63, 3.8) is 0 Å². The van der Waals surface area contributed by atoms with Crippen molar-refractivity contribution in [1.29, 1.82) is 0 Å². The van der Waals surface area contributed by atoms with Gasteiger partial charge in [-0.15, -0.1) is 0 Å². The van der Waals surface area contributed by atoms with Crippen molar-refractivity contribution >= 4 is 0 Å². The quantitative estimate of drug-likeness (QED) is 0.0515. The van der Waals surface area contributed by atoms with Crippen LogP contribution in [-0.2, 0) is 6.54 Å². The van der Waals surface area contributed by atoms with Gasteiger partial charge in [0.05, 0.1) is 19.6 Å². The van der Waals surface area contributed by atoms with E-state index < -0.39 is 0 Å². The lowest BCUT2D eigenvalue weighted by Crippen LogP contribution is -2.49. The third kappa shape index (κ3) is 22.6. The van der Waals surface area contributed by atoms with E-state index in [1.807, 2.05) is 0 Å². The van der Waals surface area contributed by atoms with Crippen molar-refractivity contribution in [2.24, 2.45) is 0 Å². The molecule has 234 valence electrons. The number of allylic oxidation sites excluding steroid dienone is 3. The summed E-state index contributed by atoms with van der Waals surface area (Å²) >= 11 is 0. The summed E-state index contributed by atoms with van der Waals surface area (Å²) in [6.07, 6.45) is 42.9. The molecule has 0 atom stereocenters. The van der Waals surface area contributed by atoms with Gasteiger partial charge in [-0.2, -0.15) is 0 Å². The van der Waals surface area contributed by atoms with Crippen LogP contribution >= 0.6 is 0 Å². The molecule has 0 aliphatic carbocycles. The Bertz CT molecular complexity index is 674. The van der Waals surface area contributed by atoms with Crippen LogP contribution in [0.2, 0.25) is 0 Å². The first-order chi connectivity index (χ1) is 20.3. The molecule has 0 bridgehead atoms. The summed E-state index contributed by atoms with van der Waals surface area (Å²) in [5.74, 6) is 0. The lowest BCUT2D eigenvalue weighted by Gasteiger charge is -2.39. The summed E-state index contributed by atoms with van der Waals surface area (Å²) in [5, 5.41) is 0. The molecule has 1 aromatic carbocycles. The zero-order valence-electron chi connectivity index (χ0n) is 28.0. The summed E-state index contributed by atoms with van der Waals surface area (Å²) in [6.45, 7) is 11.8. The Morgan fingerprint density at radius 2 is 0.756 bits per heavy atom. The first-order valence-electron chi connectivity index (χ1n) is 18.1. The molecule has 0 heterocycles. The molecule has 0 N–H and O–H groups in total. The third-order valence-corrected chi connectivity index (χ3v) is 8.59. The normalized spacial score (nSPS) is 12.5. The van der Waals surface area contributed by atoms with Crippen molar-refractivity contribution in [1.82, 2.24) is 0 Å². The van der Waals surface area contributed by atoms with E-state index in [1.165, 1.54) is 165 Å². The third-order valence-electron chi connectivity index (χ3n) is 8.59. The van der Waals surface area contributed by atoms with Crippen LogP contribution in [-0.4, -0.2) is 24.1 Å². The lowest BCUT2D eigenvalue weighted by atomic mass is 10.1. The van der Waals surface area contributed by atoms with Crippen LogP contribution in [0.3, 0.4) is 0 Å². The van der Waals surface area contributed by atoms with Gasteiger partial charge in [0, 0.05) is 24.8 Å². The van der Waals surface area contributed by atoms with Crippen LogP contribution < -0.4 is 0 Å². The van der Waals surface area contributed by atoms with Gasteiger partial charge in [0.15, 0.2) is 0 Å². The fourth-order valence-corrected chi connectivity index (χ4v) is 5.89. The molecule has 0 aliphatic heterocycles. The van der Waals surface area contributed by atoms with E-state index in [9.17, 15) is 0 Å². The minimum atomic E-state index is 1.15. The molecule has 41 heavy (non-hydrogen) atoms. The van der Waals surface area contributed by atoms with Gasteiger partial charge < -0.3 is 4.48 Å². The van der Waals surface area contributed by atoms with Gasteiger partial charge in [0.2, 0.25) is 0 Å². The van der Waals surface area contributed by atoms with Gasteiger partial charge in [0.25, 0.3) is 0 Å². The van der Waals surface area contributed by atoms with Crippen molar-refractivity contribution in [2.45, 2.75) is 162 Å². The first kappa shape index (κ1) is 37.4. The molecular weight excluding hydrogens is 494 g/mol. The number of hydrogen-bond acceptors (Lipinski definition) is 0. The fraction of sp³-hybridized carbons (Fsp3) is 0.700. The van der Waals surface area contributed by atoms with Gasteiger partial charge in [-0.05, 0) is 38.5 Å². The molecule has 0 aromatic heterocycles. The number of nitrogens with zero attached hydrogens (tertiary/aromatic N) is 1. The molecule has 1 aromatic rings. The molecule has 1 rings (SSSR count). The summed E-state index contributed by atoms with van der Waals surface area (Å²) in [4.78, 5) is 0. The Kier molecular flexibility index (Phi) is 26.0. The van der Waals surface area contributed by atoms with E-state index in [1.54, 1.807) is 0 Å². The number of unbranched alkanes of at least 4 members (excludes halogenated alkanes) is 15. The summed E-state index contributed by atoms with van der Waals surface area (Å²) in [6, 6.07) is 11.3. The van der Waals surface area contributed by atoms with E-state index in [2.05, 4.69) is 87.6 Å². The van der Waals surface area contributed by atoms with Gasteiger partial charge >= 0.3 is 0 Å². The average Bonchev–Trinajstić information content (AvgIpc) is 2.99. The summed E-state index contributed by atoms with van der Waals surface area (Å²) in [7, 11) is 0. The van der Waals surface area contributed by atoms with Gasteiger partial charge in [0.1, 0.15) is 6.54 Å². The highest BCUT2D eigenvalue weighted by Crippen LogP contribution is 2.20. The van der Waals surface area contributed by atoms with Crippen LogP contribution in [0.25, 0.3) is 0 Å². The topological polar surface area (TPSA) is 0 Å². The zero-order valence-corrected chi connectivity index (χ0v) is 28.0. The molecule has 0 spiro atoms. The second kappa shape index (κ2) is 28.5. The average molecular weight is 565 g/mol. The minimum Gasteiger partial charge on any atom is -0.319 e. The van der Waals surface area contributed by atoms with Crippen LogP contribution in [0, 0.1) is 0 Å². The molecule has 0 radical (unpaired) electrons. The highest BCUT2D eigenvalue weighted by atomic mass is 15.3. The van der Waals surface area contributed by atoms with Crippen LogP contribution in [0.15, 0.2) is 66.8 Å². The van der Waals surface area contributed by atoms with Crippen molar-refractivity contribution < 1.29 is 4.48 Å². The van der Waals surface area contributed by atoms with Crippen molar-refractivity contribution in [3.8, 4) is 0 Å².